The molecule has 0 aliphatic heterocycles. The molecule has 6 nitrogen and oxygen atoms in total. The maximum Gasteiger partial charge on any atom is 0.245 e. The van der Waals surface area contributed by atoms with E-state index in [1.807, 2.05) is 31.2 Å². The minimum absolute atomic E-state index is 0.0209. The topological polar surface area (TPSA) is 101 Å². The fourth-order valence-electron chi connectivity index (χ4n) is 2.60. The zero-order chi connectivity index (χ0) is 18.9. The third-order valence-corrected chi connectivity index (χ3v) is 6.03. The first kappa shape index (κ1) is 18.6. The number of hydrogen-bond acceptors (Lipinski definition) is 4. The smallest absolute Gasteiger partial charge is 0.245 e. The molecule has 1 saturated carbocycles. The van der Waals surface area contributed by atoms with Gasteiger partial charge in [-0.3, -0.25) is 4.79 Å². The van der Waals surface area contributed by atoms with E-state index in [-0.39, 0.29) is 10.9 Å². The number of anilines is 1. The molecule has 1 amide bonds. The van der Waals surface area contributed by atoms with Gasteiger partial charge >= 0.3 is 0 Å². The molecule has 0 spiro atoms. The third-order valence-electron chi connectivity index (χ3n) is 4.36. The van der Waals surface area contributed by atoms with Crippen LogP contribution < -0.4 is 15.8 Å². The van der Waals surface area contributed by atoms with Crippen LogP contribution in [0.4, 0.5) is 5.69 Å². The van der Waals surface area contributed by atoms with Crippen molar-refractivity contribution in [3.05, 3.63) is 59.2 Å². The molecule has 0 saturated heterocycles. The SMILES string of the molecule is Cc1ccc(C(N)C(=O)Nc2ccc(C)c(S(=O)(=O)NC3CC3)c2)cc1. The largest absolute Gasteiger partial charge is 0.324 e. The molecule has 1 aliphatic carbocycles. The third kappa shape index (κ3) is 4.30. The predicted molar refractivity (Wildman–Crippen MR) is 101 cm³/mol. The highest BCUT2D eigenvalue weighted by molar-refractivity contribution is 7.89. The Morgan fingerprint density at radius 2 is 1.77 bits per heavy atom. The molecule has 1 fully saturated rings. The van der Waals surface area contributed by atoms with E-state index >= 15 is 0 Å². The van der Waals surface area contributed by atoms with Crippen LogP contribution in [0.3, 0.4) is 0 Å². The van der Waals surface area contributed by atoms with Crippen molar-refractivity contribution in [3.8, 4) is 0 Å². The second kappa shape index (κ2) is 7.19. The van der Waals surface area contributed by atoms with Crippen molar-refractivity contribution in [2.75, 3.05) is 5.32 Å². The van der Waals surface area contributed by atoms with E-state index in [1.54, 1.807) is 19.1 Å². The summed E-state index contributed by atoms with van der Waals surface area (Å²) in [5.41, 5.74) is 8.83. The summed E-state index contributed by atoms with van der Waals surface area (Å²) in [5, 5.41) is 2.71. The fraction of sp³-hybridized carbons (Fsp3) is 0.316. The molecule has 26 heavy (non-hydrogen) atoms. The standard InChI is InChI=1S/C19H23N3O3S/c1-12-3-6-14(7-4-12)18(20)19(23)21-16-8-5-13(2)17(11-16)26(24,25)22-15-9-10-15/h3-8,11,15,18,22H,9-10,20H2,1-2H3,(H,21,23). The highest BCUT2D eigenvalue weighted by Gasteiger charge is 2.29. The summed E-state index contributed by atoms with van der Waals surface area (Å²) in [6, 6.07) is 11.4. The Bertz CT molecular complexity index is 920. The second-order valence-electron chi connectivity index (χ2n) is 6.75. The van der Waals surface area contributed by atoms with Gasteiger partial charge in [-0.15, -0.1) is 0 Å². The monoisotopic (exact) mass is 373 g/mol. The molecule has 0 bridgehead atoms. The Balaban J connectivity index is 1.78. The Hall–Kier alpha value is -2.22. The van der Waals surface area contributed by atoms with Gasteiger partial charge in [0.05, 0.1) is 4.90 Å². The Kier molecular flexibility index (Phi) is 5.13. The number of benzene rings is 2. The lowest BCUT2D eigenvalue weighted by Crippen LogP contribution is -2.28. The first-order chi connectivity index (χ1) is 12.3. The zero-order valence-corrected chi connectivity index (χ0v) is 15.6. The molecule has 1 atom stereocenters. The van der Waals surface area contributed by atoms with Crippen molar-refractivity contribution in [1.82, 2.24) is 4.72 Å². The molecule has 1 unspecified atom stereocenters. The van der Waals surface area contributed by atoms with Gasteiger partial charge in [-0.2, -0.15) is 0 Å². The van der Waals surface area contributed by atoms with E-state index in [0.29, 0.717) is 16.8 Å². The van der Waals surface area contributed by atoms with Gasteiger partial charge in [0.15, 0.2) is 0 Å². The molecule has 0 heterocycles. The van der Waals surface area contributed by atoms with E-state index in [9.17, 15) is 13.2 Å². The van der Waals surface area contributed by atoms with Gasteiger partial charge in [-0.1, -0.05) is 35.9 Å². The van der Waals surface area contributed by atoms with Crippen molar-refractivity contribution in [2.24, 2.45) is 5.73 Å². The number of carbonyl (C=O) groups is 1. The first-order valence-corrected chi connectivity index (χ1v) is 10.0. The van der Waals surface area contributed by atoms with Gasteiger partial charge in [-0.05, 0) is 49.9 Å². The summed E-state index contributed by atoms with van der Waals surface area (Å²) in [4.78, 5) is 12.6. The summed E-state index contributed by atoms with van der Waals surface area (Å²) < 4.78 is 27.6. The van der Waals surface area contributed by atoms with Crippen molar-refractivity contribution in [2.45, 2.75) is 43.7 Å². The van der Waals surface area contributed by atoms with Crippen molar-refractivity contribution >= 4 is 21.6 Å². The van der Waals surface area contributed by atoms with Crippen LogP contribution in [0, 0.1) is 13.8 Å². The van der Waals surface area contributed by atoms with Crippen LogP contribution in [-0.2, 0) is 14.8 Å². The van der Waals surface area contributed by atoms with Crippen molar-refractivity contribution < 1.29 is 13.2 Å². The van der Waals surface area contributed by atoms with Gasteiger partial charge in [0, 0.05) is 11.7 Å². The molecular formula is C19H23N3O3S. The minimum Gasteiger partial charge on any atom is -0.324 e. The van der Waals surface area contributed by atoms with E-state index in [0.717, 1.165) is 18.4 Å². The van der Waals surface area contributed by atoms with Crippen LogP contribution >= 0.6 is 0 Å². The van der Waals surface area contributed by atoms with Crippen LogP contribution in [-0.4, -0.2) is 20.4 Å². The lowest BCUT2D eigenvalue weighted by atomic mass is 10.1. The molecule has 138 valence electrons. The Morgan fingerprint density at radius 1 is 1.12 bits per heavy atom. The predicted octanol–water partition coefficient (Wildman–Crippen LogP) is 2.38. The molecule has 0 radical (unpaired) electrons. The van der Waals surface area contributed by atoms with E-state index in [2.05, 4.69) is 10.0 Å². The maximum absolute atomic E-state index is 12.5. The number of sulfonamides is 1. The van der Waals surface area contributed by atoms with Gasteiger partial charge in [-0.25, -0.2) is 13.1 Å². The van der Waals surface area contributed by atoms with Crippen LogP contribution in [0.15, 0.2) is 47.4 Å². The summed E-state index contributed by atoms with van der Waals surface area (Å²) in [5.74, 6) is -0.392. The molecular weight excluding hydrogens is 350 g/mol. The molecule has 4 N–H and O–H groups in total. The Morgan fingerprint density at radius 3 is 2.38 bits per heavy atom. The number of nitrogens with two attached hydrogens (primary N) is 1. The lowest BCUT2D eigenvalue weighted by Gasteiger charge is -2.15. The van der Waals surface area contributed by atoms with E-state index in [1.165, 1.54) is 6.07 Å². The van der Waals surface area contributed by atoms with Crippen molar-refractivity contribution in [3.63, 3.8) is 0 Å². The highest BCUT2D eigenvalue weighted by atomic mass is 32.2. The summed E-state index contributed by atoms with van der Waals surface area (Å²) in [7, 11) is -3.60. The number of nitrogens with one attached hydrogen (secondary N) is 2. The lowest BCUT2D eigenvalue weighted by molar-refractivity contribution is -0.117. The highest BCUT2D eigenvalue weighted by Crippen LogP contribution is 2.25. The van der Waals surface area contributed by atoms with Crippen LogP contribution in [0.1, 0.15) is 35.6 Å². The van der Waals surface area contributed by atoms with Gasteiger partial charge in [0.1, 0.15) is 6.04 Å². The molecule has 2 aromatic rings. The Labute approximate surface area is 153 Å². The van der Waals surface area contributed by atoms with E-state index < -0.39 is 22.0 Å². The number of hydrogen-bond donors (Lipinski definition) is 3. The quantitative estimate of drug-likeness (QED) is 0.723. The first-order valence-electron chi connectivity index (χ1n) is 8.52. The zero-order valence-electron chi connectivity index (χ0n) is 14.8. The fourth-order valence-corrected chi connectivity index (χ4v) is 4.17. The average molecular weight is 373 g/mol. The molecule has 7 heteroatoms. The van der Waals surface area contributed by atoms with Crippen molar-refractivity contribution in [1.29, 1.82) is 0 Å². The maximum atomic E-state index is 12.5. The summed E-state index contributed by atoms with van der Waals surface area (Å²) >= 11 is 0. The summed E-state index contributed by atoms with van der Waals surface area (Å²) in [6.45, 7) is 3.68. The van der Waals surface area contributed by atoms with E-state index in [4.69, 9.17) is 5.73 Å². The van der Waals surface area contributed by atoms with Gasteiger partial charge in [0.25, 0.3) is 0 Å². The molecule has 0 aromatic heterocycles. The second-order valence-corrected chi connectivity index (χ2v) is 8.44. The van der Waals surface area contributed by atoms with Crippen LogP contribution in [0.25, 0.3) is 0 Å². The average Bonchev–Trinajstić information content (AvgIpc) is 3.39. The molecule has 2 aromatic carbocycles. The molecule has 3 rings (SSSR count). The molecule has 1 aliphatic rings. The van der Waals surface area contributed by atoms with Crippen LogP contribution in [0.5, 0.6) is 0 Å². The number of aryl methyl sites for hydroxylation is 2. The number of amides is 1. The number of rotatable bonds is 6. The summed E-state index contributed by atoms with van der Waals surface area (Å²) in [6.07, 6.45) is 1.72. The number of carbonyl (C=O) groups excluding carboxylic acids is 1. The minimum atomic E-state index is -3.60. The van der Waals surface area contributed by atoms with Crippen LogP contribution in [0.2, 0.25) is 0 Å². The van der Waals surface area contributed by atoms with Gasteiger partial charge in [0.2, 0.25) is 15.9 Å². The normalized spacial score (nSPS) is 15.5. The van der Waals surface area contributed by atoms with Gasteiger partial charge < -0.3 is 11.1 Å².